The van der Waals surface area contributed by atoms with Crippen molar-refractivity contribution in [2.24, 2.45) is 0 Å². The van der Waals surface area contributed by atoms with Gasteiger partial charge in [0.15, 0.2) is 6.61 Å². The summed E-state index contributed by atoms with van der Waals surface area (Å²) in [5.74, 6) is -0.655. The lowest BCUT2D eigenvalue weighted by atomic mass is 9.77. The Labute approximate surface area is 193 Å². The summed E-state index contributed by atoms with van der Waals surface area (Å²) in [7, 11) is 0. The summed E-state index contributed by atoms with van der Waals surface area (Å²) in [5, 5.41) is 11.2. The van der Waals surface area contributed by atoms with Crippen molar-refractivity contribution in [2.45, 2.75) is 38.4 Å². The number of aryl methyl sites for hydroxylation is 1. The summed E-state index contributed by atoms with van der Waals surface area (Å²) in [6, 6.07) is 21.7. The van der Waals surface area contributed by atoms with Crippen LogP contribution in [0.15, 0.2) is 78.9 Å². The Hall–Kier alpha value is -3.44. The normalized spacial score (nSPS) is 17.8. The highest BCUT2D eigenvalue weighted by Crippen LogP contribution is 2.42. The quantitative estimate of drug-likeness (QED) is 0.472. The zero-order valence-electron chi connectivity index (χ0n) is 18.6. The largest absolute Gasteiger partial charge is 0.481 e. The Bertz CT molecular complexity index is 1160. The van der Waals surface area contributed by atoms with Crippen LogP contribution in [0.3, 0.4) is 0 Å². The molecule has 0 saturated carbocycles. The molecule has 1 N–H and O–H groups in total. The minimum absolute atomic E-state index is 0.154. The zero-order chi connectivity index (χ0) is 23.3. The average molecular weight is 447 g/mol. The van der Waals surface area contributed by atoms with E-state index in [1.165, 1.54) is 6.07 Å². The van der Waals surface area contributed by atoms with Gasteiger partial charge in [0, 0.05) is 0 Å². The molecule has 0 radical (unpaired) electrons. The van der Waals surface area contributed by atoms with Crippen molar-refractivity contribution >= 4 is 11.5 Å². The van der Waals surface area contributed by atoms with E-state index in [2.05, 4.69) is 0 Å². The predicted octanol–water partition coefficient (Wildman–Crippen LogP) is 5.71. The molecular formula is C28H27FO4. The van der Waals surface area contributed by atoms with Crippen molar-refractivity contribution in [3.63, 3.8) is 0 Å². The fraction of sp³-hybridized carbons (Fsp3) is 0.250. The lowest BCUT2D eigenvalue weighted by Gasteiger charge is -2.33. The Balaban J connectivity index is 1.45. The van der Waals surface area contributed by atoms with E-state index < -0.39 is 17.4 Å². The molecule has 0 aromatic heterocycles. The molecular weight excluding hydrogens is 419 g/mol. The molecule has 1 unspecified atom stereocenters. The van der Waals surface area contributed by atoms with Crippen LogP contribution in [0.25, 0.3) is 5.57 Å². The van der Waals surface area contributed by atoms with Crippen LogP contribution in [0.1, 0.15) is 41.5 Å². The number of carbonyl (C=O) groups excluding carboxylic acids is 1. The second kappa shape index (κ2) is 10.0. The predicted molar refractivity (Wildman–Crippen MR) is 125 cm³/mol. The molecule has 3 aromatic rings. The SMILES string of the molecule is Cc1ccccc1C1(O)CC=C(c2c(F)cccc2OCC(=O)OCc2ccccc2)CC1. The maximum Gasteiger partial charge on any atom is 0.344 e. The molecule has 0 spiro atoms. The number of aliphatic hydroxyl groups is 1. The van der Waals surface area contributed by atoms with Gasteiger partial charge in [-0.1, -0.05) is 66.7 Å². The van der Waals surface area contributed by atoms with E-state index in [4.69, 9.17) is 9.47 Å². The summed E-state index contributed by atoms with van der Waals surface area (Å²) in [6.07, 6.45) is 3.20. The number of hydrogen-bond acceptors (Lipinski definition) is 4. The number of carbonyl (C=O) groups is 1. The van der Waals surface area contributed by atoms with Crippen molar-refractivity contribution in [3.05, 3.63) is 107 Å². The molecule has 1 aliphatic rings. The number of rotatable bonds is 7. The number of ether oxygens (including phenoxy) is 2. The number of benzene rings is 3. The highest BCUT2D eigenvalue weighted by Gasteiger charge is 2.33. The third-order valence-electron chi connectivity index (χ3n) is 6.03. The molecule has 0 saturated heterocycles. The second-order valence-electron chi connectivity index (χ2n) is 8.33. The fourth-order valence-electron chi connectivity index (χ4n) is 4.26. The van der Waals surface area contributed by atoms with Gasteiger partial charge in [0.05, 0.1) is 11.2 Å². The van der Waals surface area contributed by atoms with Crippen LogP contribution >= 0.6 is 0 Å². The van der Waals surface area contributed by atoms with Gasteiger partial charge in [-0.15, -0.1) is 0 Å². The number of allylic oxidation sites excluding steroid dienone is 1. The van der Waals surface area contributed by atoms with E-state index in [0.29, 0.717) is 30.6 Å². The first-order chi connectivity index (χ1) is 16.0. The molecule has 3 aromatic carbocycles. The lowest BCUT2D eigenvalue weighted by molar-refractivity contribution is -0.147. The molecule has 0 fully saturated rings. The molecule has 1 atom stereocenters. The molecule has 0 amide bonds. The Kier molecular flexibility index (Phi) is 6.90. The number of halogens is 1. The smallest absolute Gasteiger partial charge is 0.344 e. The van der Waals surface area contributed by atoms with Crippen LogP contribution in [0.5, 0.6) is 5.75 Å². The van der Waals surface area contributed by atoms with Gasteiger partial charge in [-0.05, 0) is 60.6 Å². The van der Waals surface area contributed by atoms with Crippen LogP contribution in [0.2, 0.25) is 0 Å². The minimum atomic E-state index is -0.984. The molecule has 4 nitrogen and oxygen atoms in total. The van der Waals surface area contributed by atoms with E-state index in [-0.39, 0.29) is 13.2 Å². The first kappa shape index (κ1) is 22.7. The number of esters is 1. The third kappa shape index (κ3) is 5.32. The molecule has 1 aliphatic carbocycles. The van der Waals surface area contributed by atoms with Gasteiger partial charge in [0.1, 0.15) is 18.2 Å². The maximum absolute atomic E-state index is 14.8. The van der Waals surface area contributed by atoms with Gasteiger partial charge in [-0.2, -0.15) is 0 Å². The highest BCUT2D eigenvalue weighted by molar-refractivity contribution is 5.74. The summed E-state index contributed by atoms with van der Waals surface area (Å²) in [5.41, 5.74) is 2.92. The van der Waals surface area contributed by atoms with Crippen LogP contribution in [-0.4, -0.2) is 17.7 Å². The minimum Gasteiger partial charge on any atom is -0.481 e. The fourth-order valence-corrected chi connectivity index (χ4v) is 4.26. The van der Waals surface area contributed by atoms with Gasteiger partial charge >= 0.3 is 5.97 Å². The Morgan fingerprint density at radius 1 is 1.03 bits per heavy atom. The second-order valence-corrected chi connectivity index (χ2v) is 8.33. The summed E-state index contributed by atoms with van der Waals surface area (Å²) in [4.78, 5) is 12.1. The van der Waals surface area contributed by atoms with E-state index in [1.807, 2.05) is 67.6 Å². The van der Waals surface area contributed by atoms with Gasteiger partial charge in [0.2, 0.25) is 0 Å². The highest BCUT2D eigenvalue weighted by atomic mass is 19.1. The van der Waals surface area contributed by atoms with E-state index in [0.717, 1.165) is 22.3 Å². The van der Waals surface area contributed by atoms with Gasteiger partial charge in [0.25, 0.3) is 0 Å². The van der Waals surface area contributed by atoms with Crippen molar-refractivity contribution < 1.29 is 23.8 Å². The third-order valence-corrected chi connectivity index (χ3v) is 6.03. The first-order valence-corrected chi connectivity index (χ1v) is 11.0. The Morgan fingerprint density at radius 2 is 1.79 bits per heavy atom. The average Bonchev–Trinajstić information content (AvgIpc) is 2.83. The number of hydrogen-bond donors (Lipinski definition) is 1. The van der Waals surface area contributed by atoms with Crippen LogP contribution < -0.4 is 4.74 Å². The summed E-state index contributed by atoms with van der Waals surface area (Å²) >= 11 is 0. The van der Waals surface area contributed by atoms with Gasteiger partial charge in [-0.25, -0.2) is 9.18 Å². The first-order valence-electron chi connectivity index (χ1n) is 11.0. The van der Waals surface area contributed by atoms with E-state index in [9.17, 15) is 14.3 Å². The van der Waals surface area contributed by atoms with E-state index >= 15 is 0 Å². The molecule has 170 valence electrons. The van der Waals surface area contributed by atoms with Gasteiger partial charge in [-0.3, -0.25) is 0 Å². The van der Waals surface area contributed by atoms with Crippen molar-refractivity contribution in [3.8, 4) is 5.75 Å². The van der Waals surface area contributed by atoms with E-state index in [1.54, 1.807) is 12.1 Å². The van der Waals surface area contributed by atoms with Crippen molar-refractivity contribution in [2.75, 3.05) is 6.61 Å². The van der Waals surface area contributed by atoms with Crippen LogP contribution in [-0.2, 0) is 21.7 Å². The van der Waals surface area contributed by atoms with Crippen LogP contribution in [0.4, 0.5) is 4.39 Å². The molecule has 0 heterocycles. The van der Waals surface area contributed by atoms with Crippen LogP contribution in [0, 0.1) is 12.7 Å². The summed E-state index contributed by atoms with van der Waals surface area (Å²) < 4.78 is 25.7. The summed E-state index contributed by atoms with van der Waals surface area (Å²) in [6.45, 7) is 1.82. The topological polar surface area (TPSA) is 55.8 Å². The molecule has 5 heteroatoms. The van der Waals surface area contributed by atoms with Crippen molar-refractivity contribution in [1.82, 2.24) is 0 Å². The lowest BCUT2D eigenvalue weighted by Crippen LogP contribution is -2.28. The van der Waals surface area contributed by atoms with Crippen molar-refractivity contribution in [1.29, 1.82) is 0 Å². The molecule has 4 rings (SSSR count). The molecule has 0 bridgehead atoms. The standard InChI is InChI=1S/C28H27FO4/c1-20-8-5-6-11-23(20)28(31)16-14-22(15-17-28)27-24(29)12-7-13-25(27)32-19-26(30)33-18-21-9-3-2-4-10-21/h2-14,31H,15-19H2,1H3. The zero-order valence-corrected chi connectivity index (χ0v) is 18.6. The monoisotopic (exact) mass is 446 g/mol. The molecule has 33 heavy (non-hydrogen) atoms. The Morgan fingerprint density at radius 3 is 2.52 bits per heavy atom. The van der Waals surface area contributed by atoms with Gasteiger partial charge < -0.3 is 14.6 Å². The molecule has 0 aliphatic heterocycles. The maximum atomic E-state index is 14.8.